The summed E-state index contributed by atoms with van der Waals surface area (Å²) in [6, 6.07) is 12.1. The van der Waals surface area contributed by atoms with Crippen LogP contribution in [0.5, 0.6) is 5.75 Å². The number of methoxy groups -OCH3 is 1. The van der Waals surface area contributed by atoms with E-state index in [1.54, 1.807) is 12.1 Å². The molecule has 0 radical (unpaired) electrons. The van der Waals surface area contributed by atoms with Gasteiger partial charge >= 0.3 is 0 Å². The molecule has 0 aliphatic rings. The standard InChI is InChI=1S/C17H15FO3/c1-10-6-7-13-11(8-10)9-15(21-13)17(19)12-4-3-5-14(20-2)16(12)18/h3-9,17,19H,1-2H3. The number of hydrogen-bond acceptors (Lipinski definition) is 3. The molecule has 0 aliphatic carbocycles. The lowest BCUT2D eigenvalue weighted by atomic mass is 10.1. The summed E-state index contributed by atoms with van der Waals surface area (Å²) in [5, 5.41) is 11.3. The molecular weight excluding hydrogens is 271 g/mol. The number of ether oxygens (including phenoxy) is 1. The Morgan fingerprint density at radius 2 is 2.00 bits per heavy atom. The minimum absolute atomic E-state index is 0.0958. The van der Waals surface area contributed by atoms with Gasteiger partial charge in [-0.1, -0.05) is 23.8 Å². The van der Waals surface area contributed by atoms with Crippen molar-refractivity contribution in [1.29, 1.82) is 0 Å². The first-order valence-corrected chi connectivity index (χ1v) is 6.60. The monoisotopic (exact) mass is 286 g/mol. The number of furan rings is 1. The molecule has 1 aromatic heterocycles. The maximum atomic E-state index is 14.2. The molecule has 2 aromatic carbocycles. The lowest BCUT2D eigenvalue weighted by molar-refractivity contribution is 0.186. The van der Waals surface area contributed by atoms with Crippen LogP contribution in [0.25, 0.3) is 11.0 Å². The lowest BCUT2D eigenvalue weighted by Crippen LogP contribution is -2.02. The first kappa shape index (κ1) is 13.6. The van der Waals surface area contributed by atoms with Crippen LogP contribution >= 0.6 is 0 Å². The van der Waals surface area contributed by atoms with E-state index in [1.165, 1.54) is 19.2 Å². The molecule has 3 nitrogen and oxygen atoms in total. The van der Waals surface area contributed by atoms with Gasteiger partial charge in [0.05, 0.1) is 7.11 Å². The van der Waals surface area contributed by atoms with Crippen molar-refractivity contribution >= 4 is 11.0 Å². The SMILES string of the molecule is COc1cccc(C(O)c2cc3cc(C)ccc3o2)c1F. The molecule has 3 rings (SSSR count). The summed E-state index contributed by atoms with van der Waals surface area (Å²) in [5.41, 5.74) is 1.89. The number of halogens is 1. The van der Waals surface area contributed by atoms with Gasteiger partial charge in [-0.25, -0.2) is 4.39 Å². The van der Waals surface area contributed by atoms with Gasteiger partial charge in [-0.05, 0) is 31.2 Å². The van der Waals surface area contributed by atoms with Gasteiger partial charge in [0, 0.05) is 10.9 Å². The number of fused-ring (bicyclic) bond motifs is 1. The van der Waals surface area contributed by atoms with Crippen molar-refractivity contribution in [3.63, 3.8) is 0 Å². The number of aliphatic hydroxyl groups is 1. The van der Waals surface area contributed by atoms with Crippen molar-refractivity contribution in [2.75, 3.05) is 7.11 Å². The average molecular weight is 286 g/mol. The van der Waals surface area contributed by atoms with Gasteiger partial charge in [-0.15, -0.1) is 0 Å². The number of rotatable bonds is 3. The van der Waals surface area contributed by atoms with Crippen LogP contribution in [-0.4, -0.2) is 12.2 Å². The zero-order valence-electron chi connectivity index (χ0n) is 11.8. The van der Waals surface area contributed by atoms with Crippen LogP contribution in [0.2, 0.25) is 0 Å². The van der Waals surface area contributed by atoms with Gasteiger partial charge < -0.3 is 14.3 Å². The number of benzene rings is 2. The van der Waals surface area contributed by atoms with Crippen LogP contribution in [0.3, 0.4) is 0 Å². The highest BCUT2D eigenvalue weighted by atomic mass is 19.1. The normalized spacial score (nSPS) is 12.6. The molecule has 0 saturated heterocycles. The number of aryl methyl sites for hydroxylation is 1. The van der Waals surface area contributed by atoms with Gasteiger partial charge in [0.25, 0.3) is 0 Å². The van der Waals surface area contributed by atoms with Crippen molar-refractivity contribution in [3.05, 3.63) is 65.2 Å². The number of hydrogen-bond donors (Lipinski definition) is 1. The fraction of sp³-hybridized carbons (Fsp3) is 0.176. The molecule has 3 aromatic rings. The van der Waals surface area contributed by atoms with Crippen molar-refractivity contribution in [1.82, 2.24) is 0 Å². The second-order valence-corrected chi connectivity index (χ2v) is 4.96. The third kappa shape index (κ3) is 2.38. The molecule has 0 bridgehead atoms. The van der Waals surface area contributed by atoms with Crippen LogP contribution < -0.4 is 4.74 Å². The first-order valence-electron chi connectivity index (χ1n) is 6.60. The van der Waals surface area contributed by atoms with Crippen LogP contribution in [0.1, 0.15) is 23.0 Å². The van der Waals surface area contributed by atoms with Crippen LogP contribution in [0.4, 0.5) is 4.39 Å². The topological polar surface area (TPSA) is 42.6 Å². The Balaban J connectivity index is 2.06. The van der Waals surface area contributed by atoms with Gasteiger partial charge in [0.1, 0.15) is 17.4 Å². The van der Waals surface area contributed by atoms with E-state index in [9.17, 15) is 9.50 Å². The van der Waals surface area contributed by atoms with Crippen molar-refractivity contribution in [3.8, 4) is 5.75 Å². The van der Waals surface area contributed by atoms with E-state index in [0.717, 1.165) is 10.9 Å². The summed E-state index contributed by atoms with van der Waals surface area (Å²) >= 11 is 0. The smallest absolute Gasteiger partial charge is 0.171 e. The van der Waals surface area contributed by atoms with E-state index in [1.807, 2.05) is 25.1 Å². The number of aliphatic hydroxyl groups excluding tert-OH is 1. The molecule has 4 heteroatoms. The maximum absolute atomic E-state index is 14.2. The summed E-state index contributed by atoms with van der Waals surface area (Å²) in [4.78, 5) is 0. The van der Waals surface area contributed by atoms with Crippen LogP contribution in [-0.2, 0) is 0 Å². The quantitative estimate of drug-likeness (QED) is 0.792. The molecule has 21 heavy (non-hydrogen) atoms. The molecule has 1 atom stereocenters. The average Bonchev–Trinajstić information content (AvgIpc) is 2.89. The summed E-state index contributed by atoms with van der Waals surface area (Å²) in [6.45, 7) is 1.98. The highest BCUT2D eigenvalue weighted by Gasteiger charge is 2.21. The summed E-state index contributed by atoms with van der Waals surface area (Å²) < 4.78 is 24.7. The first-order chi connectivity index (χ1) is 10.1. The van der Waals surface area contributed by atoms with Crippen molar-refractivity contribution < 1.29 is 18.7 Å². The maximum Gasteiger partial charge on any atom is 0.171 e. The Hall–Kier alpha value is -2.33. The predicted octanol–water partition coefficient (Wildman–Crippen LogP) is 3.97. The summed E-state index contributed by atoms with van der Waals surface area (Å²) in [5.74, 6) is -0.176. The van der Waals surface area contributed by atoms with Gasteiger partial charge in [-0.2, -0.15) is 0 Å². The third-order valence-corrected chi connectivity index (χ3v) is 3.47. The summed E-state index contributed by atoms with van der Waals surface area (Å²) in [6.07, 6.45) is -1.17. The fourth-order valence-electron chi connectivity index (χ4n) is 2.37. The van der Waals surface area contributed by atoms with Gasteiger partial charge in [0.15, 0.2) is 11.6 Å². The Kier molecular flexibility index (Phi) is 3.39. The molecule has 0 spiro atoms. The van der Waals surface area contributed by atoms with E-state index >= 15 is 0 Å². The van der Waals surface area contributed by atoms with Crippen LogP contribution in [0, 0.1) is 12.7 Å². The largest absolute Gasteiger partial charge is 0.494 e. The van der Waals surface area contributed by atoms with E-state index in [0.29, 0.717) is 11.3 Å². The molecular formula is C17H15FO3. The van der Waals surface area contributed by atoms with Crippen LogP contribution in [0.15, 0.2) is 46.9 Å². The second kappa shape index (κ2) is 5.22. The molecule has 0 amide bonds. The molecule has 108 valence electrons. The Morgan fingerprint density at radius 1 is 1.19 bits per heavy atom. The predicted molar refractivity (Wildman–Crippen MR) is 78.0 cm³/mol. The highest BCUT2D eigenvalue weighted by Crippen LogP contribution is 2.32. The zero-order chi connectivity index (χ0) is 15.0. The zero-order valence-corrected chi connectivity index (χ0v) is 11.8. The Morgan fingerprint density at radius 3 is 2.76 bits per heavy atom. The Bertz CT molecular complexity index is 792. The second-order valence-electron chi connectivity index (χ2n) is 4.96. The van der Waals surface area contributed by atoms with Crippen molar-refractivity contribution in [2.24, 2.45) is 0 Å². The molecule has 1 unspecified atom stereocenters. The van der Waals surface area contributed by atoms with Crippen molar-refractivity contribution in [2.45, 2.75) is 13.0 Å². The van der Waals surface area contributed by atoms with E-state index in [4.69, 9.17) is 9.15 Å². The van der Waals surface area contributed by atoms with E-state index in [2.05, 4.69) is 0 Å². The van der Waals surface area contributed by atoms with E-state index < -0.39 is 11.9 Å². The fourth-order valence-corrected chi connectivity index (χ4v) is 2.37. The van der Waals surface area contributed by atoms with Gasteiger partial charge in [0.2, 0.25) is 0 Å². The Labute approximate surface area is 121 Å². The minimum atomic E-state index is -1.17. The van der Waals surface area contributed by atoms with E-state index in [-0.39, 0.29) is 11.3 Å². The highest BCUT2D eigenvalue weighted by molar-refractivity contribution is 5.78. The molecule has 1 N–H and O–H groups in total. The molecule has 0 saturated carbocycles. The van der Waals surface area contributed by atoms with Gasteiger partial charge in [-0.3, -0.25) is 0 Å². The molecule has 0 aliphatic heterocycles. The molecule has 0 fully saturated rings. The minimum Gasteiger partial charge on any atom is -0.494 e. The molecule has 1 heterocycles. The lowest BCUT2D eigenvalue weighted by Gasteiger charge is -2.11. The third-order valence-electron chi connectivity index (χ3n) is 3.47. The summed E-state index contributed by atoms with van der Waals surface area (Å²) in [7, 11) is 1.39.